The van der Waals surface area contributed by atoms with E-state index in [0.717, 1.165) is 0 Å². The first-order chi connectivity index (χ1) is 31.3. The Hall–Kier alpha value is -7.54. The molecule has 0 aliphatic carbocycles. The average Bonchev–Trinajstić information content (AvgIpc) is 3.73. The summed E-state index contributed by atoms with van der Waals surface area (Å²) in [5.74, 6) is 0. The van der Waals surface area contributed by atoms with Gasteiger partial charge in [-0.25, -0.2) is 0 Å². The van der Waals surface area contributed by atoms with Crippen molar-refractivity contribution in [3.63, 3.8) is 0 Å². The molecule has 13 rings (SSSR count). The zero-order valence-corrected chi connectivity index (χ0v) is 36.1. The molecule has 0 amide bonds. The number of benzene rings is 12. The van der Waals surface area contributed by atoms with Crippen LogP contribution in [0, 0.1) is 0 Å². The van der Waals surface area contributed by atoms with Gasteiger partial charge in [0.05, 0.1) is 0 Å². The summed E-state index contributed by atoms with van der Waals surface area (Å²) in [6, 6.07) is 85.8. The number of hydrogen-bond donors (Lipinski definition) is 0. The second-order valence-corrected chi connectivity index (χ2v) is 18.9. The molecule has 1 heteroatoms. The maximum atomic E-state index is 2.51. The van der Waals surface area contributed by atoms with E-state index in [0.29, 0.717) is 0 Å². The van der Waals surface area contributed by atoms with Gasteiger partial charge in [-0.05, 0) is 10.8 Å². The summed E-state index contributed by atoms with van der Waals surface area (Å²) < 4.78 is 2.89. The van der Waals surface area contributed by atoms with Crippen LogP contribution in [0.1, 0.15) is 0 Å². The van der Waals surface area contributed by atoms with Gasteiger partial charge >= 0.3 is 321 Å². The van der Waals surface area contributed by atoms with E-state index in [9.17, 15) is 0 Å². The van der Waals surface area contributed by atoms with Crippen molar-refractivity contribution in [2.45, 2.75) is 0 Å². The molecule has 0 nitrogen and oxygen atoms in total. The monoisotopic (exact) mass is 862 g/mol. The van der Waals surface area contributed by atoms with E-state index in [1.807, 2.05) is 0 Å². The summed E-state index contributed by atoms with van der Waals surface area (Å²) >= 11 is 0.156. The minimum absolute atomic E-state index is 0.156. The fraction of sp³-hybridized carbons (Fsp3) is 0. The number of hydrogen-bond acceptors (Lipinski definition) is 0. The predicted molar refractivity (Wildman–Crippen MR) is 273 cm³/mol. The van der Waals surface area contributed by atoms with Gasteiger partial charge in [-0.3, -0.25) is 0 Å². The molecule has 12 aromatic carbocycles. The van der Waals surface area contributed by atoms with E-state index >= 15 is 0 Å². The van der Waals surface area contributed by atoms with E-state index in [2.05, 4.69) is 231 Å². The zero-order chi connectivity index (χ0) is 41.4. The van der Waals surface area contributed by atoms with Gasteiger partial charge < -0.3 is 0 Å². The first-order valence-corrected chi connectivity index (χ1v) is 23.5. The van der Waals surface area contributed by atoms with Crippen LogP contribution in [-0.2, 0) is 0 Å². The van der Waals surface area contributed by atoms with E-state index < -0.39 is 0 Å². The summed E-state index contributed by atoms with van der Waals surface area (Å²) in [4.78, 5) is 0. The van der Waals surface area contributed by atoms with Crippen LogP contribution in [0.15, 0.2) is 231 Å². The van der Waals surface area contributed by atoms with Gasteiger partial charge in [0.2, 0.25) is 0 Å². The Morgan fingerprint density at radius 1 is 0.222 bits per heavy atom. The molecule has 1 aromatic heterocycles. The molecule has 0 unspecified atom stereocenters. The Morgan fingerprint density at radius 3 is 1.22 bits per heavy atom. The molecule has 0 atom stereocenters. The van der Waals surface area contributed by atoms with Crippen LogP contribution in [0.3, 0.4) is 0 Å². The quantitative estimate of drug-likeness (QED) is 0.119. The van der Waals surface area contributed by atoms with Gasteiger partial charge in [0.25, 0.3) is 0 Å². The van der Waals surface area contributed by atoms with Crippen molar-refractivity contribution in [2.75, 3.05) is 0 Å². The van der Waals surface area contributed by atoms with Gasteiger partial charge in [-0.2, -0.15) is 0 Å². The van der Waals surface area contributed by atoms with Crippen LogP contribution in [-0.4, -0.2) is 14.5 Å². The maximum absolute atomic E-state index is 2.51. The minimum atomic E-state index is 0.156. The SMILES string of the molecule is c1ccc(-c2c3ccccc3c(-c3cccc4[se]c5cc(-c6c7ccccc7c(-c7ccc(-c8cccc9ccccc89)cc7)c7ccccc67)ccc5c34)c3ccccc23)cc1. The number of rotatable bonds is 5. The molecule has 0 saturated carbocycles. The molecule has 0 fully saturated rings. The van der Waals surface area contributed by atoms with E-state index in [-0.39, 0.29) is 14.5 Å². The molecule has 0 radical (unpaired) electrons. The molecule has 0 aliphatic heterocycles. The standard InChI is InChI=1S/C62H38Se/c1-2-17-41(18-3-1)58-50-25-10-12-27-52(50)61(53-28-13-11-26-51(53)58)55-30-15-31-56-62(55)54-37-36-43(38-57(54)63-56)60-48-23-8-6-21-46(48)59(47-22-7-9-24-49(47)60)42-34-32-40(33-35-42)45-29-14-19-39-16-4-5-20-44(39)45/h1-38H. The fourth-order valence-corrected chi connectivity index (χ4v) is 13.0. The molecular formula is C62H38Se. The molecule has 0 saturated heterocycles. The predicted octanol–water partition coefficient (Wildman–Crippen LogP) is 17.2. The molecule has 0 bridgehead atoms. The normalized spacial score (nSPS) is 11.8. The molecule has 0 aliphatic rings. The summed E-state index contributed by atoms with van der Waals surface area (Å²) in [5.41, 5.74) is 12.8. The molecule has 13 aromatic rings. The molecule has 63 heavy (non-hydrogen) atoms. The van der Waals surface area contributed by atoms with E-state index in [1.165, 1.54) is 129 Å². The Balaban J connectivity index is 0.995. The van der Waals surface area contributed by atoms with Crippen molar-refractivity contribution in [3.8, 4) is 55.6 Å². The Morgan fingerprint density at radius 2 is 0.635 bits per heavy atom. The third-order valence-corrected chi connectivity index (χ3v) is 15.6. The third kappa shape index (κ3) is 5.68. The Labute approximate surface area is 371 Å². The van der Waals surface area contributed by atoms with Gasteiger partial charge in [-0.15, -0.1) is 0 Å². The molecule has 1 heterocycles. The molecule has 292 valence electrons. The second kappa shape index (κ2) is 14.5. The average molecular weight is 862 g/mol. The van der Waals surface area contributed by atoms with Crippen LogP contribution in [0.2, 0.25) is 0 Å². The van der Waals surface area contributed by atoms with Crippen LogP contribution in [0.25, 0.3) is 129 Å². The van der Waals surface area contributed by atoms with Gasteiger partial charge in [0, 0.05) is 0 Å². The second-order valence-electron chi connectivity index (χ2n) is 16.6. The van der Waals surface area contributed by atoms with E-state index in [4.69, 9.17) is 0 Å². The van der Waals surface area contributed by atoms with Gasteiger partial charge in [0.1, 0.15) is 0 Å². The third-order valence-electron chi connectivity index (χ3n) is 13.3. The van der Waals surface area contributed by atoms with Crippen molar-refractivity contribution in [2.24, 2.45) is 0 Å². The molecule has 0 spiro atoms. The van der Waals surface area contributed by atoms with Gasteiger partial charge in [-0.1, -0.05) is 42.5 Å². The fourth-order valence-electron chi connectivity index (χ4n) is 10.6. The van der Waals surface area contributed by atoms with E-state index in [1.54, 1.807) is 0 Å². The summed E-state index contributed by atoms with van der Waals surface area (Å²) in [5, 5.41) is 15.6. The van der Waals surface area contributed by atoms with Crippen LogP contribution < -0.4 is 0 Å². The van der Waals surface area contributed by atoms with Crippen LogP contribution in [0.4, 0.5) is 0 Å². The summed E-state index contributed by atoms with van der Waals surface area (Å²) in [7, 11) is 0. The topological polar surface area (TPSA) is 0 Å². The summed E-state index contributed by atoms with van der Waals surface area (Å²) in [6.07, 6.45) is 0. The van der Waals surface area contributed by atoms with Gasteiger partial charge in [0.15, 0.2) is 0 Å². The number of fused-ring (bicyclic) bond motifs is 8. The Bertz CT molecular complexity index is 3830. The van der Waals surface area contributed by atoms with Crippen molar-refractivity contribution in [1.82, 2.24) is 0 Å². The molecule has 0 N–H and O–H groups in total. The van der Waals surface area contributed by atoms with Crippen LogP contribution >= 0.6 is 0 Å². The molecular weight excluding hydrogens is 824 g/mol. The summed E-state index contributed by atoms with van der Waals surface area (Å²) in [6.45, 7) is 0. The Kier molecular flexibility index (Phi) is 8.34. The van der Waals surface area contributed by atoms with Crippen LogP contribution in [0.5, 0.6) is 0 Å². The van der Waals surface area contributed by atoms with Crippen molar-refractivity contribution < 1.29 is 0 Å². The first-order valence-electron chi connectivity index (χ1n) is 21.8. The van der Waals surface area contributed by atoms with Crippen molar-refractivity contribution in [3.05, 3.63) is 231 Å². The van der Waals surface area contributed by atoms with Crippen molar-refractivity contribution >= 4 is 87.7 Å². The first kappa shape index (κ1) is 36.1. The van der Waals surface area contributed by atoms with Crippen molar-refractivity contribution in [1.29, 1.82) is 0 Å². The zero-order valence-electron chi connectivity index (χ0n) is 34.3.